The summed E-state index contributed by atoms with van der Waals surface area (Å²) in [6.07, 6.45) is 3.66. The highest BCUT2D eigenvalue weighted by molar-refractivity contribution is 9.10. The Morgan fingerprint density at radius 1 is 1.00 bits per heavy atom. The lowest BCUT2D eigenvalue weighted by molar-refractivity contribution is 0.431. The molecule has 0 amide bonds. The summed E-state index contributed by atoms with van der Waals surface area (Å²) in [6, 6.07) is 20.1. The van der Waals surface area contributed by atoms with Gasteiger partial charge in [0.05, 0.1) is 0 Å². The van der Waals surface area contributed by atoms with Crippen molar-refractivity contribution in [2.45, 2.75) is 45.2 Å². The zero-order valence-corrected chi connectivity index (χ0v) is 14.4. The molecule has 0 spiro atoms. The Morgan fingerprint density at radius 2 is 1.71 bits per heavy atom. The SMILES string of the molecule is CCCCC(N[C@H](C)c1cccc(Br)c1)c1ccccc1. The van der Waals surface area contributed by atoms with Crippen LogP contribution in [0, 0.1) is 0 Å². The molecule has 0 fully saturated rings. The second-order valence-electron chi connectivity index (χ2n) is 5.55. The molecule has 2 atom stereocenters. The molecule has 112 valence electrons. The molecule has 2 aromatic carbocycles. The van der Waals surface area contributed by atoms with E-state index < -0.39 is 0 Å². The molecule has 1 unspecified atom stereocenters. The van der Waals surface area contributed by atoms with Crippen molar-refractivity contribution in [3.05, 3.63) is 70.2 Å². The first-order valence-corrected chi connectivity index (χ1v) is 8.56. The summed E-state index contributed by atoms with van der Waals surface area (Å²) in [5.41, 5.74) is 2.70. The Kier molecular flexibility index (Phi) is 6.47. The minimum atomic E-state index is 0.338. The molecule has 1 N–H and O–H groups in total. The van der Waals surface area contributed by atoms with Gasteiger partial charge in [-0.3, -0.25) is 0 Å². The van der Waals surface area contributed by atoms with Crippen LogP contribution in [-0.2, 0) is 0 Å². The highest BCUT2D eigenvalue weighted by Gasteiger charge is 2.15. The summed E-state index contributed by atoms with van der Waals surface area (Å²) in [5, 5.41) is 3.79. The topological polar surface area (TPSA) is 12.0 Å². The number of hydrogen-bond donors (Lipinski definition) is 1. The Bertz CT molecular complexity index is 538. The maximum Gasteiger partial charge on any atom is 0.0325 e. The van der Waals surface area contributed by atoms with E-state index in [4.69, 9.17) is 0 Å². The number of unbranched alkanes of at least 4 members (excludes halogenated alkanes) is 1. The second kappa shape index (κ2) is 8.35. The summed E-state index contributed by atoms with van der Waals surface area (Å²) in [5.74, 6) is 0. The zero-order chi connectivity index (χ0) is 15.1. The van der Waals surface area contributed by atoms with Gasteiger partial charge >= 0.3 is 0 Å². The quantitative estimate of drug-likeness (QED) is 0.645. The lowest BCUT2D eigenvalue weighted by Crippen LogP contribution is -2.24. The van der Waals surface area contributed by atoms with Crippen molar-refractivity contribution in [1.82, 2.24) is 5.32 Å². The van der Waals surface area contributed by atoms with Gasteiger partial charge in [-0.15, -0.1) is 0 Å². The van der Waals surface area contributed by atoms with Crippen molar-refractivity contribution >= 4 is 15.9 Å². The van der Waals surface area contributed by atoms with Crippen LogP contribution in [0.2, 0.25) is 0 Å². The van der Waals surface area contributed by atoms with Gasteiger partial charge < -0.3 is 5.32 Å². The van der Waals surface area contributed by atoms with E-state index >= 15 is 0 Å². The first-order chi connectivity index (χ1) is 10.2. The molecule has 0 aromatic heterocycles. The summed E-state index contributed by atoms with van der Waals surface area (Å²) < 4.78 is 1.14. The lowest BCUT2D eigenvalue weighted by Gasteiger charge is -2.24. The first kappa shape index (κ1) is 16.3. The van der Waals surface area contributed by atoms with Crippen LogP contribution in [0.25, 0.3) is 0 Å². The molecule has 2 aromatic rings. The maximum atomic E-state index is 3.79. The van der Waals surface area contributed by atoms with Gasteiger partial charge in [0, 0.05) is 16.6 Å². The lowest BCUT2D eigenvalue weighted by atomic mass is 9.99. The van der Waals surface area contributed by atoms with E-state index in [9.17, 15) is 0 Å². The van der Waals surface area contributed by atoms with Crippen LogP contribution in [0.15, 0.2) is 59.1 Å². The number of rotatable bonds is 7. The van der Waals surface area contributed by atoms with E-state index in [2.05, 4.69) is 89.7 Å². The van der Waals surface area contributed by atoms with Crippen LogP contribution in [0.4, 0.5) is 0 Å². The van der Waals surface area contributed by atoms with E-state index in [0.29, 0.717) is 12.1 Å². The Labute approximate surface area is 136 Å². The third-order valence-corrected chi connectivity index (χ3v) is 4.34. The van der Waals surface area contributed by atoms with Crippen LogP contribution < -0.4 is 5.32 Å². The van der Waals surface area contributed by atoms with Gasteiger partial charge in [-0.1, -0.05) is 78.2 Å². The molecular formula is C19H24BrN. The zero-order valence-electron chi connectivity index (χ0n) is 12.9. The number of hydrogen-bond acceptors (Lipinski definition) is 1. The smallest absolute Gasteiger partial charge is 0.0325 e. The predicted molar refractivity (Wildman–Crippen MR) is 94.4 cm³/mol. The van der Waals surface area contributed by atoms with Crippen molar-refractivity contribution in [3.63, 3.8) is 0 Å². The third-order valence-electron chi connectivity index (χ3n) is 3.85. The third kappa shape index (κ3) is 4.98. The Hall–Kier alpha value is -1.12. The van der Waals surface area contributed by atoms with Crippen molar-refractivity contribution in [3.8, 4) is 0 Å². The largest absolute Gasteiger partial charge is 0.303 e. The molecule has 2 heteroatoms. The molecule has 0 radical (unpaired) electrons. The standard InChI is InChI=1S/C19H24BrN/c1-3-4-13-19(16-9-6-5-7-10-16)21-15(2)17-11-8-12-18(20)14-17/h5-12,14-15,19,21H,3-4,13H2,1-2H3/t15-,19?/m1/s1. The molecule has 0 aliphatic carbocycles. The minimum Gasteiger partial charge on any atom is -0.303 e. The second-order valence-corrected chi connectivity index (χ2v) is 6.46. The van der Waals surface area contributed by atoms with Crippen LogP contribution in [0.3, 0.4) is 0 Å². The summed E-state index contributed by atoms with van der Waals surface area (Å²) in [7, 11) is 0. The van der Waals surface area contributed by atoms with E-state index in [1.807, 2.05) is 0 Å². The molecule has 0 aliphatic heterocycles. The van der Waals surface area contributed by atoms with E-state index in [1.54, 1.807) is 0 Å². The monoisotopic (exact) mass is 345 g/mol. The van der Waals surface area contributed by atoms with E-state index in [-0.39, 0.29) is 0 Å². The van der Waals surface area contributed by atoms with Crippen LogP contribution in [-0.4, -0.2) is 0 Å². The summed E-state index contributed by atoms with van der Waals surface area (Å²) in [4.78, 5) is 0. The van der Waals surface area contributed by atoms with E-state index in [0.717, 1.165) is 4.47 Å². The molecule has 1 nitrogen and oxygen atoms in total. The van der Waals surface area contributed by atoms with Gasteiger partial charge in [0.25, 0.3) is 0 Å². The van der Waals surface area contributed by atoms with E-state index in [1.165, 1.54) is 30.4 Å². The molecule has 21 heavy (non-hydrogen) atoms. The number of benzene rings is 2. The number of nitrogens with one attached hydrogen (secondary N) is 1. The van der Waals surface area contributed by atoms with Gasteiger partial charge in [-0.25, -0.2) is 0 Å². The van der Waals surface area contributed by atoms with Gasteiger partial charge in [0.1, 0.15) is 0 Å². The van der Waals surface area contributed by atoms with Crippen LogP contribution in [0.5, 0.6) is 0 Å². The van der Waals surface area contributed by atoms with Crippen LogP contribution in [0.1, 0.15) is 56.3 Å². The fourth-order valence-electron chi connectivity index (χ4n) is 2.61. The van der Waals surface area contributed by atoms with Crippen molar-refractivity contribution in [2.24, 2.45) is 0 Å². The minimum absolute atomic E-state index is 0.338. The summed E-state index contributed by atoms with van der Waals surface area (Å²) >= 11 is 3.56. The Morgan fingerprint density at radius 3 is 2.38 bits per heavy atom. The fraction of sp³-hybridized carbons (Fsp3) is 0.368. The maximum absolute atomic E-state index is 3.79. The van der Waals surface area contributed by atoms with Crippen LogP contribution >= 0.6 is 15.9 Å². The predicted octanol–water partition coefficient (Wildman–Crippen LogP) is 6.03. The molecule has 0 aliphatic rings. The van der Waals surface area contributed by atoms with Gasteiger partial charge in [0.15, 0.2) is 0 Å². The number of halogens is 1. The highest BCUT2D eigenvalue weighted by Crippen LogP contribution is 2.25. The average Bonchev–Trinajstić information content (AvgIpc) is 2.52. The Balaban J connectivity index is 2.11. The fourth-order valence-corrected chi connectivity index (χ4v) is 3.03. The molecule has 0 bridgehead atoms. The highest BCUT2D eigenvalue weighted by atomic mass is 79.9. The normalized spacial score (nSPS) is 13.9. The summed E-state index contributed by atoms with van der Waals surface area (Å²) in [6.45, 7) is 4.49. The molecule has 2 rings (SSSR count). The van der Waals surface area contributed by atoms with Gasteiger partial charge in [-0.2, -0.15) is 0 Å². The molecule has 0 saturated carbocycles. The molecule has 0 heterocycles. The first-order valence-electron chi connectivity index (χ1n) is 7.77. The van der Waals surface area contributed by atoms with Gasteiger partial charge in [0.2, 0.25) is 0 Å². The van der Waals surface area contributed by atoms with Gasteiger partial charge in [-0.05, 0) is 36.6 Å². The average molecular weight is 346 g/mol. The van der Waals surface area contributed by atoms with Crippen molar-refractivity contribution < 1.29 is 0 Å². The molecular weight excluding hydrogens is 322 g/mol. The van der Waals surface area contributed by atoms with Crippen molar-refractivity contribution in [2.75, 3.05) is 0 Å². The van der Waals surface area contributed by atoms with Crippen molar-refractivity contribution in [1.29, 1.82) is 0 Å². The molecule has 0 saturated heterocycles.